The number of hydrogen-bond acceptors (Lipinski definition) is 2. The van der Waals surface area contributed by atoms with Crippen molar-refractivity contribution in [2.24, 2.45) is 5.73 Å². The molecule has 2 heteroatoms. The van der Waals surface area contributed by atoms with Crippen molar-refractivity contribution in [3.05, 3.63) is 65.7 Å². The zero-order chi connectivity index (χ0) is 13.8. The van der Waals surface area contributed by atoms with Crippen LogP contribution in [-0.2, 0) is 0 Å². The zero-order valence-electron chi connectivity index (χ0n) is 11.7. The molecule has 1 aliphatic carbocycles. The van der Waals surface area contributed by atoms with Gasteiger partial charge in [0.15, 0.2) is 0 Å². The maximum absolute atomic E-state index is 6.29. The van der Waals surface area contributed by atoms with Gasteiger partial charge in [-0.1, -0.05) is 48.9 Å². The number of benzene rings is 2. The molecule has 0 bridgehead atoms. The topological polar surface area (TPSA) is 26.0 Å². The summed E-state index contributed by atoms with van der Waals surface area (Å²) in [4.78, 5) is 1.29. The van der Waals surface area contributed by atoms with Crippen molar-refractivity contribution in [3.8, 4) is 0 Å². The molecule has 20 heavy (non-hydrogen) atoms. The summed E-state index contributed by atoms with van der Waals surface area (Å²) >= 11 is 1.82. The number of thioether (sulfide) groups is 1. The molecule has 0 aromatic heterocycles. The highest BCUT2D eigenvalue weighted by Gasteiger charge is 2.19. The van der Waals surface area contributed by atoms with E-state index in [-0.39, 0.29) is 6.04 Å². The lowest BCUT2D eigenvalue weighted by molar-refractivity contribution is 0.419. The molecule has 0 saturated heterocycles. The Kier molecular flexibility index (Phi) is 4.44. The number of rotatable bonds is 5. The first kappa shape index (κ1) is 13.7. The van der Waals surface area contributed by atoms with Gasteiger partial charge in [-0.25, -0.2) is 0 Å². The molecule has 1 fully saturated rings. The van der Waals surface area contributed by atoms with Crippen molar-refractivity contribution in [2.75, 3.05) is 5.75 Å². The van der Waals surface area contributed by atoms with Gasteiger partial charge in [0.2, 0.25) is 0 Å². The summed E-state index contributed by atoms with van der Waals surface area (Å²) in [6, 6.07) is 19.5. The minimum absolute atomic E-state index is 0.107. The first-order valence-electron chi connectivity index (χ1n) is 7.36. The van der Waals surface area contributed by atoms with Gasteiger partial charge in [-0.15, -0.1) is 11.8 Å². The average Bonchev–Trinajstić information content (AvgIpc) is 2.45. The largest absolute Gasteiger partial charge is 0.323 e. The molecular weight excluding hydrogens is 262 g/mol. The van der Waals surface area contributed by atoms with Gasteiger partial charge in [-0.2, -0.15) is 0 Å². The van der Waals surface area contributed by atoms with Crippen LogP contribution in [0.5, 0.6) is 0 Å². The average molecular weight is 283 g/mol. The third kappa shape index (κ3) is 3.25. The Morgan fingerprint density at radius 2 is 1.70 bits per heavy atom. The molecule has 2 aromatic rings. The van der Waals surface area contributed by atoms with Crippen LogP contribution in [0.3, 0.4) is 0 Å². The highest BCUT2D eigenvalue weighted by Crippen LogP contribution is 2.36. The maximum atomic E-state index is 6.29. The molecule has 1 atom stereocenters. The Hall–Kier alpha value is -1.25. The molecule has 1 aliphatic rings. The molecule has 104 valence electrons. The molecule has 0 heterocycles. The minimum atomic E-state index is 0.107. The SMILES string of the molecule is NC(CSc1ccccc1)c1ccc(C2CCC2)cc1. The monoisotopic (exact) mass is 283 g/mol. The van der Waals surface area contributed by atoms with Gasteiger partial charge in [0.25, 0.3) is 0 Å². The van der Waals surface area contributed by atoms with Crippen LogP contribution in [-0.4, -0.2) is 5.75 Å². The summed E-state index contributed by atoms with van der Waals surface area (Å²) in [5, 5.41) is 0. The molecule has 2 N–H and O–H groups in total. The fourth-order valence-electron chi connectivity index (χ4n) is 2.56. The summed E-state index contributed by atoms with van der Waals surface area (Å²) in [5.74, 6) is 1.73. The van der Waals surface area contributed by atoms with Gasteiger partial charge in [0, 0.05) is 16.7 Å². The second-order valence-electron chi connectivity index (χ2n) is 5.53. The second-order valence-corrected chi connectivity index (χ2v) is 6.62. The highest BCUT2D eigenvalue weighted by atomic mass is 32.2. The van der Waals surface area contributed by atoms with Crippen LogP contribution >= 0.6 is 11.8 Å². The van der Waals surface area contributed by atoms with Crippen molar-refractivity contribution in [3.63, 3.8) is 0 Å². The van der Waals surface area contributed by atoms with Crippen LogP contribution in [0.2, 0.25) is 0 Å². The van der Waals surface area contributed by atoms with Crippen molar-refractivity contribution in [2.45, 2.75) is 36.1 Å². The predicted molar refractivity (Wildman–Crippen MR) is 87.1 cm³/mol. The van der Waals surface area contributed by atoms with E-state index in [9.17, 15) is 0 Å². The Morgan fingerprint density at radius 1 is 1.00 bits per heavy atom. The van der Waals surface area contributed by atoms with Gasteiger partial charge in [-0.05, 0) is 42.0 Å². The Morgan fingerprint density at radius 3 is 2.30 bits per heavy atom. The fraction of sp³-hybridized carbons (Fsp3) is 0.333. The summed E-state index contributed by atoms with van der Waals surface area (Å²) in [6.45, 7) is 0. The standard InChI is InChI=1S/C18H21NS/c19-18(13-20-17-7-2-1-3-8-17)16-11-9-15(10-12-16)14-5-4-6-14/h1-3,7-12,14,18H,4-6,13,19H2. The van der Waals surface area contributed by atoms with Crippen molar-refractivity contribution in [1.29, 1.82) is 0 Å². The summed E-state index contributed by atoms with van der Waals surface area (Å²) in [6.07, 6.45) is 4.10. The van der Waals surface area contributed by atoms with Crippen molar-refractivity contribution >= 4 is 11.8 Å². The third-order valence-corrected chi connectivity index (χ3v) is 5.25. The van der Waals surface area contributed by atoms with E-state index in [1.165, 1.54) is 35.3 Å². The lowest BCUT2D eigenvalue weighted by Crippen LogP contribution is -2.14. The predicted octanol–water partition coefficient (Wildman–Crippen LogP) is 4.75. The molecule has 0 radical (unpaired) electrons. The summed E-state index contributed by atoms with van der Waals surface area (Å²) < 4.78 is 0. The molecule has 0 spiro atoms. The Labute approximate surface area is 125 Å². The summed E-state index contributed by atoms with van der Waals surface area (Å²) in [7, 11) is 0. The molecule has 3 rings (SSSR count). The van der Waals surface area contributed by atoms with E-state index < -0.39 is 0 Å². The molecule has 0 aliphatic heterocycles. The van der Waals surface area contributed by atoms with E-state index in [4.69, 9.17) is 5.73 Å². The molecule has 1 unspecified atom stereocenters. The van der Waals surface area contributed by atoms with Crippen molar-refractivity contribution in [1.82, 2.24) is 0 Å². The molecule has 1 saturated carbocycles. The zero-order valence-corrected chi connectivity index (χ0v) is 12.5. The van der Waals surface area contributed by atoms with Gasteiger partial charge in [-0.3, -0.25) is 0 Å². The van der Waals surface area contributed by atoms with Crippen LogP contribution in [0, 0.1) is 0 Å². The quantitative estimate of drug-likeness (QED) is 0.802. The van der Waals surface area contributed by atoms with Crippen LogP contribution < -0.4 is 5.73 Å². The fourth-order valence-corrected chi connectivity index (χ4v) is 3.47. The van der Waals surface area contributed by atoms with Crippen LogP contribution in [0.25, 0.3) is 0 Å². The number of hydrogen-bond donors (Lipinski definition) is 1. The van der Waals surface area contributed by atoms with Gasteiger partial charge in [0.1, 0.15) is 0 Å². The van der Waals surface area contributed by atoms with Crippen molar-refractivity contribution < 1.29 is 0 Å². The van der Waals surface area contributed by atoms with Gasteiger partial charge in [0.05, 0.1) is 0 Å². The smallest absolute Gasteiger partial charge is 0.0390 e. The minimum Gasteiger partial charge on any atom is -0.323 e. The van der Waals surface area contributed by atoms with E-state index >= 15 is 0 Å². The normalized spacial score (nSPS) is 16.6. The first-order valence-corrected chi connectivity index (χ1v) is 8.35. The number of nitrogens with two attached hydrogens (primary N) is 1. The maximum Gasteiger partial charge on any atom is 0.0390 e. The van der Waals surface area contributed by atoms with E-state index in [1.54, 1.807) is 0 Å². The van der Waals surface area contributed by atoms with E-state index in [2.05, 4.69) is 48.5 Å². The highest BCUT2D eigenvalue weighted by molar-refractivity contribution is 7.99. The molecule has 1 nitrogen and oxygen atoms in total. The molecule has 0 amide bonds. The second kappa shape index (κ2) is 6.47. The van der Waals surface area contributed by atoms with E-state index in [0.29, 0.717) is 0 Å². The molecule has 2 aromatic carbocycles. The van der Waals surface area contributed by atoms with E-state index in [1.807, 2.05) is 17.8 Å². The first-order chi connectivity index (χ1) is 9.83. The lowest BCUT2D eigenvalue weighted by atomic mass is 9.80. The molecular formula is C18H21NS. The van der Waals surface area contributed by atoms with E-state index in [0.717, 1.165) is 11.7 Å². The third-order valence-electron chi connectivity index (χ3n) is 4.11. The van der Waals surface area contributed by atoms with Crippen LogP contribution in [0.4, 0.5) is 0 Å². The Balaban J connectivity index is 1.57. The van der Waals surface area contributed by atoms with Gasteiger partial charge >= 0.3 is 0 Å². The van der Waals surface area contributed by atoms with Crippen LogP contribution in [0.15, 0.2) is 59.5 Å². The van der Waals surface area contributed by atoms with Crippen LogP contribution in [0.1, 0.15) is 42.3 Å². The summed E-state index contributed by atoms with van der Waals surface area (Å²) in [5.41, 5.74) is 9.03. The lowest BCUT2D eigenvalue weighted by Gasteiger charge is -2.26. The Bertz CT molecular complexity index is 531. The van der Waals surface area contributed by atoms with Gasteiger partial charge < -0.3 is 5.73 Å².